The number of aromatic nitrogens is 1. The summed E-state index contributed by atoms with van der Waals surface area (Å²) in [6.45, 7) is 8.95. The average molecular weight is 310 g/mol. The fourth-order valence-electron chi connectivity index (χ4n) is 2.89. The molecule has 1 aliphatic heterocycles. The summed E-state index contributed by atoms with van der Waals surface area (Å²) in [5, 5.41) is 4.81. The highest BCUT2D eigenvalue weighted by Gasteiger charge is 2.16. The van der Waals surface area contributed by atoms with Gasteiger partial charge in [0.1, 0.15) is 0 Å². The minimum atomic E-state index is 0.995. The summed E-state index contributed by atoms with van der Waals surface area (Å²) in [5.41, 5.74) is 1.34. The van der Waals surface area contributed by atoms with Crippen molar-refractivity contribution in [1.29, 1.82) is 0 Å². The van der Waals surface area contributed by atoms with Crippen LogP contribution in [0.2, 0.25) is 0 Å². The molecular weight excluding hydrogens is 278 g/mol. The van der Waals surface area contributed by atoms with Crippen LogP contribution in [0.15, 0.2) is 0 Å². The molecule has 0 aliphatic carbocycles. The number of anilines is 1. The minimum Gasteiger partial charge on any atom is -0.348 e. The Bertz CT molecular complexity index is 395. The summed E-state index contributed by atoms with van der Waals surface area (Å²) in [7, 11) is 0. The molecule has 0 aromatic carbocycles. The second-order valence-electron chi connectivity index (χ2n) is 6.05. The molecule has 1 aromatic heterocycles. The van der Waals surface area contributed by atoms with E-state index in [0.29, 0.717) is 0 Å². The van der Waals surface area contributed by atoms with E-state index in [1.165, 1.54) is 73.7 Å². The second-order valence-corrected chi connectivity index (χ2v) is 7.11. The molecule has 1 N–H and O–H groups in total. The topological polar surface area (TPSA) is 28.2 Å². The van der Waals surface area contributed by atoms with E-state index in [4.69, 9.17) is 4.98 Å². The van der Waals surface area contributed by atoms with E-state index in [1.54, 1.807) is 0 Å². The lowest BCUT2D eigenvalue weighted by Gasteiger charge is -2.23. The van der Waals surface area contributed by atoms with Crippen molar-refractivity contribution in [2.24, 2.45) is 0 Å². The van der Waals surface area contributed by atoms with Crippen molar-refractivity contribution in [3.63, 3.8) is 0 Å². The van der Waals surface area contributed by atoms with Gasteiger partial charge in [-0.05, 0) is 32.2 Å². The number of hydrogen-bond acceptors (Lipinski definition) is 4. The molecule has 0 atom stereocenters. The Morgan fingerprint density at radius 2 is 1.76 bits per heavy atom. The lowest BCUT2D eigenvalue weighted by atomic mass is 10.1. The zero-order valence-corrected chi connectivity index (χ0v) is 14.6. The number of thiazole rings is 1. The predicted octanol–water partition coefficient (Wildman–Crippen LogP) is 4.37. The first kappa shape index (κ1) is 16.8. The monoisotopic (exact) mass is 309 g/mol. The standard InChI is InChI=1S/C17H31N3S/c1-3-10-15-16(14-18-11-4-2)21-17(19-15)20-12-8-6-5-7-9-13-20/h18H,3-14H2,1-2H3. The molecule has 0 spiro atoms. The second kappa shape index (κ2) is 9.42. The Labute approximate surface area is 134 Å². The largest absolute Gasteiger partial charge is 0.348 e. The maximum Gasteiger partial charge on any atom is 0.185 e. The highest BCUT2D eigenvalue weighted by Crippen LogP contribution is 2.29. The smallest absolute Gasteiger partial charge is 0.185 e. The number of nitrogens with zero attached hydrogens (tertiary/aromatic N) is 2. The summed E-state index contributed by atoms with van der Waals surface area (Å²) in [5.74, 6) is 0. The van der Waals surface area contributed by atoms with Crippen LogP contribution in [0.4, 0.5) is 5.13 Å². The zero-order chi connectivity index (χ0) is 14.9. The molecule has 1 aromatic rings. The normalized spacial score (nSPS) is 16.8. The van der Waals surface area contributed by atoms with E-state index < -0.39 is 0 Å². The number of aryl methyl sites for hydroxylation is 1. The third-order valence-electron chi connectivity index (χ3n) is 4.09. The van der Waals surface area contributed by atoms with Crippen molar-refractivity contribution in [3.8, 4) is 0 Å². The van der Waals surface area contributed by atoms with Crippen LogP contribution >= 0.6 is 11.3 Å². The molecule has 21 heavy (non-hydrogen) atoms. The Hall–Kier alpha value is -0.610. The van der Waals surface area contributed by atoms with Crippen molar-refractivity contribution in [2.45, 2.75) is 71.8 Å². The van der Waals surface area contributed by atoms with Crippen LogP contribution in [0.5, 0.6) is 0 Å². The lowest BCUT2D eigenvalue weighted by molar-refractivity contribution is 0.555. The zero-order valence-electron chi connectivity index (χ0n) is 13.8. The van der Waals surface area contributed by atoms with Crippen LogP contribution in [-0.4, -0.2) is 24.6 Å². The van der Waals surface area contributed by atoms with Gasteiger partial charge in [0.15, 0.2) is 5.13 Å². The fourth-order valence-corrected chi connectivity index (χ4v) is 4.02. The van der Waals surface area contributed by atoms with E-state index >= 15 is 0 Å². The fraction of sp³-hybridized carbons (Fsp3) is 0.824. The van der Waals surface area contributed by atoms with Gasteiger partial charge in [0.05, 0.1) is 5.69 Å². The highest BCUT2D eigenvalue weighted by molar-refractivity contribution is 7.15. The van der Waals surface area contributed by atoms with E-state index in [0.717, 1.165) is 19.5 Å². The summed E-state index contributed by atoms with van der Waals surface area (Å²) in [4.78, 5) is 8.97. The third-order valence-corrected chi connectivity index (χ3v) is 5.25. The molecule has 1 saturated heterocycles. The van der Waals surface area contributed by atoms with Crippen LogP contribution < -0.4 is 10.2 Å². The first-order chi connectivity index (χ1) is 10.3. The van der Waals surface area contributed by atoms with Crippen molar-refractivity contribution in [1.82, 2.24) is 10.3 Å². The van der Waals surface area contributed by atoms with Crippen LogP contribution in [0.25, 0.3) is 0 Å². The molecule has 0 amide bonds. The van der Waals surface area contributed by atoms with Gasteiger partial charge >= 0.3 is 0 Å². The predicted molar refractivity (Wildman–Crippen MR) is 93.4 cm³/mol. The van der Waals surface area contributed by atoms with Crippen molar-refractivity contribution >= 4 is 16.5 Å². The van der Waals surface area contributed by atoms with Gasteiger partial charge in [-0.15, -0.1) is 11.3 Å². The first-order valence-electron chi connectivity index (χ1n) is 8.79. The van der Waals surface area contributed by atoms with Gasteiger partial charge in [-0.1, -0.05) is 39.5 Å². The van der Waals surface area contributed by atoms with Gasteiger partial charge in [0.25, 0.3) is 0 Å². The number of rotatable bonds is 7. The maximum absolute atomic E-state index is 4.98. The van der Waals surface area contributed by atoms with Gasteiger partial charge in [0.2, 0.25) is 0 Å². The summed E-state index contributed by atoms with van der Waals surface area (Å²) >= 11 is 1.92. The lowest BCUT2D eigenvalue weighted by Crippen LogP contribution is -2.26. The van der Waals surface area contributed by atoms with E-state index in [1.807, 2.05) is 11.3 Å². The third kappa shape index (κ3) is 5.26. The Morgan fingerprint density at radius 1 is 1.05 bits per heavy atom. The molecule has 4 heteroatoms. The van der Waals surface area contributed by atoms with E-state index in [9.17, 15) is 0 Å². The molecule has 3 nitrogen and oxygen atoms in total. The van der Waals surface area contributed by atoms with Crippen molar-refractivity contribution in [2.75, 3.05) is 24.5 Å². The van der Waals surface area contributed by atoms with Gasteiger partial charge < -0.3 is 10.2 Å². The number of nitrogens with one attached hydrogen (secondary N) is 1. The van der Waals surface area contributed by atoms with E-state index in [2.05, 4.69) is 24.1 Å². The van der Waals surface area contributed by atoms with Crippen molar-refractivity contribution in [3.05, 3.63) is 10.6 Å². The summed E-state index contributed by atoms with van der Waals surface area (Å²) in [6.07, 6.45) is 10.3. The van der Waals surface area contributed by atoms with E-state index in [-0.39, 0.29) is 0 Å². The van der Waals surface area contributed by atoms with Gasteiger partial charge in [-0.3, -0.25) is 0 Å². The summed E-state index contributed by atoms with van der Waals surface area (Å²) in [6, 6.07) is 0. The van der Waals surface area contributed by atoms with Crippen LogP contribution in [-0.2, 0) is 13.0 Å². The molecule has 0 unspecified atom stereocenters. The minimum absolute atomic E-state index is 0.995. The van der Waals surface area contributed by atoms with Gasteiger partial charge in [-0.2, -0.15) is 0 Å². The maximum atomic E-state index is 4.98. The molecule has 0 saturated carbocycles. The highest BCUT2D eigenvalue weighted by atomic mass is 32.1. The molecule has 120 valence electrons. The van der Waals surface area contributed by atoms with Crippen LogP contribution in [0, 0.1) is 0 Å². The SMILES string of the molecule is CCCNCc1sc(N2CCCCCCC2)nc1CCC. The Morgan fingerprint density at radius 3 is 2.43 bits per heavy atom. The first-order valence-corrected chi connectivity index (χ1v) is 9.61. The van der Waals surface area contributed by atoms with Gasteiger partial charge in [-0.25, -0.2) is 4.98 Å². The summed E-state index contributed by atoms with van der Waals surface area (Å²) < 4.78 is 0. The van der Waals surface area contributed by atoms with Crippen LogP contribution in [0.3, 0.4) is 0 Å². The molecular formula is C17H31N3S. The quantitative estimate of drug-likeness (QED) is 0.758. The Balaban J connectivity index is 2.04. The molecule has 1 fully saturated rings. The molecule has 1 aliphatic rings. The molecule has 2 heterocycles. The van der Waals surface area contributed by atoms with Crippen molar-refractivity contribution < 1.29 is 0 Å². The Kier molecular flexibility index (Phi) is 7.51. The van der Waals surface area contributed by atoms with Crippen LogP contribution in [0.1, 0.15) is 69.4 Å². The number of hydrogen-bond donors (Lipinski definition) is 1. The van der Waals surface area contributed by atoms with Gasteiger partial charge in [0, 0.05) is 24.5 Å². The average Bonchev–Trinajstić information content (AvgIpc) is 2.82. The molecule has 0 bridgehead atoms. The molecule has 2 rings (SSSR count). The molecule has 0 radical (unpaired) electrons.